The first kappa shape index (κ1) is 7.58. The smallest absolute Gasteiger partial charge is 0.309 e. The highest BCUT2D eigenvalue weighted by Gasteiger charge is 2.37. The van der Waals surface area contributed by atoms with Crippen LogP contribution in [0.15, 0.2) is 0 Å². The first-order valence-corrected chi connectivity index (χ1v) is 3.87. The number of carbonyl (C=O) groups excluding carboxylic acids is 1. The average Bonchev–Trinajstić information content (AvgIpc) is 2.17. The Morgan fingerprint density at radius 2 is 2.10 bits per heavy atom. The van der Waals surface area contributed by atoms with Crippen LogP contribution >= 0.6 is 0 Å². The lowest BCUT2D eigenvalue weighted by atomic mass is 9.93. The molecule has 0 radical (unpaired) electrons. The van der Waals surface area contributed by atoms with Crippen LogP contribution in [-0.2, 0) is 9.53 Å². The Morgan fingerprint density at radius 3 is 2.30 bits per heavy atom. The van der Waals surface area contributed by atoms with Gasteiger partial charge in [-0.05, 0) is 6.42 Å². The normalized spacial score (nSPS) is 39.9. The highest BCUT2D eigenvalue weighted by Crippen LogP contribution is 2.28. The predicted molar refractivity (Wildman–Crippen MR) is 38.5 cm³/mol. The molecular weight excluding hydrogens is 128 g/mol. The van der Waals surface area contributed by atoms with Crippen molar-refractivity contribution in [1.82, 2.24) is 0 Å². The monoisotopic (exact) mass is 142 g/mol. The third-order valence-electron chi connectivity index (χ3n) is 2.42. The minimum absolute atomic E-state index is 0.0284. The van der Waals surface area contributed by atoms with Crippen molar-refractivity contribution >= 4 is 5.97 Å². The van der Waals surface area contributed by atoms with E-state index in [0.29, 0.717) is 5.92 Å². The van der Waals surface area contributed by atoms with E-state index < -0.39 is 0 Å². The lowest BCUT2D eigenvalue weighted by molar-refractivity contribution is -0.144. The Labute approximate surface area is 61.6 Å². The molecule has 1 fully saturated rings. The summed E-state index contributed by atoms with van der Waals surface area (Å²) in [5.41, 5.74) is 0. The van der Waals surface area contributed by atoms with E-state index in [1.807, 2.05) is 13.8 Å². The van der Waals surface area contributed by atoms with Gasteiger partial charge in [-0.25, -0.2) is 0 Å². The number of esters is 1. The van der Waals surface area contributed by atoms with Crippen LogP contribution in [0.1, 0.15) is 27.2 Å². The largest absolute Gasteiger partial charge is 0.462 e. The molecule has 2 unspecified atom stereocenters. The average molecular weight is 142 g/mol. The van der Waals surface area contributed by atoms with Gasteiger partial charge in [-0.3, -0.25) is 4.79 Å². The molecule has 2 heteroatoms. The number of carbonyl (C=O) groups is 1. The molecule has 0 bridgehead atoms. The van der Waals surface area contributed by atoms with Crippen LogP contribution in [0.3, 0.4) is 0 Å². The van der Waals surface area contributed by atoms with Crippen molar-refractivity contribution in [2.75, 3.05) is 0 Å². The topological polar surface area (TPSA) is 26.3 Å². The second kappa shape index (κ2) is 2.60. The van der Waals surface area contributed by atoms with E-state index in [-0.39, 0.29) is 18.0 Å². The van der Waals surface area contributed by atoms with Gasteiger partial charge in [-0.1, -0.05) is 20.8 Å². The molecule has 0 aromatic rings. The fourth-order valence-electron chi connectivity index (χ4n) is 1.36. The van der Waals surface area contributed by atoms with Gasteiger partial charge in [0.15, 0.2) is 0 Å². The Bertz CT molecular complexity index is 142. The number of rotatable bonds is 1. The highest BCUT2D eigenvalue weighted by atomic mass is 16.6. The van der Waals surface area contributed by atoms with E-state index in [1.165, 1.54) is 0 Å². The Morgan fingerprint density at radius 1 is 1.50 bits per heavy atom. The summed E-state index contributed by atoms with van der Waals surface area (Å²) in [5, 5.41) is 0. The zero-order valence-electron chi connectivity index (χ0n) is 6.76. The number of hydrogen-bond acceptors (Lipinski definition) is 2. The first-order valence-electron chi connectivity index (χ1n) is 3.87. The lowest BCUT2D eigenvalue weighted by Crippen LogP contribution is -2.14. The highest BCUT2D eigenvalue weighted by molar-refractivity contribution is 5.74. The third kappa shape index (κ3) is 1.02. The predicted octanol–water partition coefficient (Wildman–Crippen LogP) is 1.59. The van der Waals surface area contributed by atoms with Gasteiger partial charge in [0, 0.05) is 5.92 Å². The number of cyclic esters (lactones) is 1. The van der Waals surface area contributed by atoms with Gasteiger partial charge in [0.05, 0.1) is 5.92 Å². The van der Waals surface area contributed by atoms with E-state index >= 15 is 0 Å². The Kier molecular flexibility index (Phi) is 1.97. The van der Waals surface area contributed by atoms with E-state index in [9.17, 15) is 4.79 Å². The SMILES string of the molecule is CC[C@H]1OC(=O)C(C)C1C. The molecule has 2 nitrogen and oxygen atoms in total. The first-order chi connectivity index (χ1) is 4.66. The molecule has 0 amide bonds. The van der Waals surface area contributed by atoms with Gasteiger partial charge < -0.3 is 4.74 Å². The van der Waals surface area contributed by atoms with Gasteiger partial charge in [0.1, 0.15) is 6.10 Å². The molecule has 1 rings (SSSR count). The molecule has 0 N–H and O–H groups in total. The van der Waals surface area contributed by atoms with Crippen molar-refractivity contribution in [2.45, 2.75) is 33.3 Å². The second-order valence-electron chi connectivity index (χ2n) is 3.03. The van der Waals surface area contributed by atoms with Gasteiger partial charge in [-0.15, -0.1) is 0 Å². The molecule has 1 aliphatic rings. The van der Waals surface area contributed by atoms with Crippen LogP contribution in [0.2, 0.25) is 0 Å². The molecule has 3 atom stereocenters. The maximum absolute atomic E-state index is 10.9. The summed E-state index contributed by atoms with van der Waals surface area (Å²) >= 11 is 0. The summed E-state index contributed by atoms with van der Waals surface area (Å²) in [5.74, 6) is 0.474. The van der Waals surface area contributed by atoms with Crippen molar-refractivity contribution in [2.24, 2.45) is 11.8 Å². The summed E-state index contributed by atoms with van der Waals surface area (Å²) in [7, 11) is 0. The van der Waals surface area contributed by atoms with Gasteiger partial charge >= 0.3 is 5.97 Å². The minimum Gasteiger partial charge on any atom is -0.462 e. The molecule has 0 aromatic carbocycles. The van der Waals surface area contributed by atoms with E-state index in [0.717, 1.165) is 6.42 Å². The van der Waals surface area contributed by atoms with Crippen LogP contribution in [0.25, 0.3) is 0 Å². The zero-order valence-corrected chi connectivity index (χ0v) is 6.76. The number of ether oxygens (including phenoxy) is 1. The van der Waals surface area contributed by atoms with Crippen molar-refractivity contribution in [3.63, 3.8) is 0 Å². The standard InChI is InChI=1S/C8H14O2/c1-4-7-5(2)6(3)8(9)10-7/h5-7H,4H2,1-3H3/t5?,6?,7-/m1/s1. The number of hydrogen-bond donors (Lipinski definition) is 0. The molecule has 58 valence electrons. The molecule has 0 spiro atoms. The lowest BCUT2D eigenvalue weighted by Gasteiger charge is -2.10. The van der Waals surface area contributed by atoms with Crippen molar-refractivity contribution in [1.29, 1.82) is 0 Å². The van der Waals surface area contributed by atoms with E-state index in [4.69, 9.17) is 4.74 Å². The minimum atomic E-state index is -0.0284. The van der Waals surface area contributed by atoms with Crippen molar-refractivity contribution in [3.8, 4) is 0 Å². The van der Waals surface area contributed by atoms with Crippen LogP contribution in [0.5, 0.6) is 0 Å². The second-order valence-corrected chi connectivity index (χ2v) is 3.03. The van der Waals surface area contributed by atoms with E-state index in [1.54, 1.807) is 0 Å². The Hall–Kier alpha value is -0.530. The summed E-state index contributed by atoms with van der Waals surface area (Å²) in [6.45, 7) is 6.05. The fraction of sp³-hybridized carbons (Fsp3) is 0.875. The molecule has 1 aliphatic heterocycles. The molecule has 0 aromatic heterocycles. The molecule has 10 heavy (non-hydrogen) atoms. The maximum atomic E-state index is 10.9. The summed E-state index contributed by atoms with van der Waals surface area (Å²) in [6, 6.07) is 0. The molecule has 1 heterocycles. The van der Waals surface area contributed by atoms with Gasteiger partial charge in [0.25, 0.3) is 0 Å². The molecule has 1 saturated heterocycles. The van der Waals surface area contributed by atoms with E-state index in [2.05, 4.69) is 6.92 Å². The van der Waals surface area contributed by atoms with Crippen LogP contribution in [-0.4, -0.2) is 12.1 Å². The van der Waals surface area contributed by atoms with Crippen molar-refractivity contribution in [3.05, 3.63) is 0 Å². The maximum Gasteiger partial charge on any atom is 0.309 e. The molecular formula is C8H14O2. The zero-order chi connectivity index (χ0) is 7.72. The fourth-order valence-corrected chi connectivity index (χ4v) is 1.36. The van der Waals surface area contributed by atoms with Crippen molar-refractivity contribution < 1.29 is 9.53 Å². The summed E-state index contributed by atoms with van der Waals surface area (Å²) in [4.78, 5) is 10.9. The van der Waals surface area contributed by atoms with Gasteiger partial charge in [0.2, 0.25) is 0 Å². The van der Waals surface area contributed by atoms with Crippen LogP contribution < -0.4 is 0 Å². The summed E-state index contributed by atoms with van der Waals surface area (Å²) in [6.07, 6.45) is 1.11. The summed E-state index contributed by atoms with van der Waals surface area (Å²) < 4.78 is 5.10. The van der Waals surface area contributed by atoms with Crippen LogP contribution in [0.4, 0.5) is 0 Å². The van der Waals surface area contributed by atoms with Gasteiger partial charge in [-0.2, -0.15) is 0 Å². The quantitative estimate of drug-likeness (QED) is 0.520. The Balaban J connectivity index is 2.61. The van der Waals surface area contributed by atoms with Crippen LogP contribution in [0, 0.1) is 11.8 Å². The third-order valence-corrected chi connectivity index (χ3v) is 2.42. The molecule has 0 aliphatic carbocycles. The molecule has 0 saturated carbocycles.